The first-order valence-corrected chi connectivity index (χ1v) is 6.84. The first-order chi connectivity index (χ1) is 10.0. The smallest absolute Gasteiger partial charge is 0.333 e. The van der Waals surface area contributed by atoms with Gasteiger partial charge in [-0.2, -0.15) is 0 Å². The maximum Gasteiger partial charge on any atom is 0.333 e. The lowest BCUT2D eigenvalue weighted by Gasteiger charge is -2.48. The molecule has 1 heterocycles. The molecule has 1 N–H and O–H groups in total. The number of rotatable bonds is 4. The highest BCUT2D eigenvalue weighted by Gasteiger charge is 2.55. The maximum atomic E-state index is 11.8. The highest BCUT2D eigenvalue weighted by molar-refractivity contribution is 5.87. The van der Waals surface area contributed by atoms with Crippen molar-refractivity contribution in [1.82, 2.24) is 0 Å². The van der Waals surface area contributed by atoms with Crippen molar-refractivity contribution in [2.45, 2.75) is 43.5 Å². The van der Waals surface area contributed by atoms with E-state index < -0.39 is 42.6 Å². The third-order valence-corrected chi connectivity index (χ3v) is 3.81. The van der Waals surface area contributed by atoms with Gasteiger partial charge < -0.3 is 28.8 Å². The van der Waals surface area contributed by atoms with E-state index in [9.17, 15) is 9.90 Å². The SMILES string of the molecule is C=C(C)C(=O)OC1C(OC)C(O)C2OCCOC2C1OC. The van der Waals surface area contributed by atoms with Crippen molar-refractivity contribution in [3.05, 3.63) is 12.2 Å². The average molecular weight is 302 g/mol. The average Bonchev–Trinajstić information content (AvgIpc) is 2.48. The molecule has 0 aromatic heterocycles. The van der Waals surface area contributed by atoms with Gasteiger partial charge in [0, 0.05) is 19.8 Å². The molecule has 0 aromatic rings. The fourth-order valence-corrected chi connectivity index (χ4v) is 2.79. The Kier molecular flexibility index (Phi) is 5.34. The Morgan fingerprint density at radius 1 is 1.10 bits per heavy atom. The second-order valence-corrected chi connectivity index (χ2v) is 5.21. The number of carbonyl (C=O) groups is 1. The number of ether oxygens (including phenoxy) is 5. The summed E-state index contributed by atoms with van der Waals surface area (Å²) in [7, 11) is 2.93. The van der Waals surface area contributed by atoms with Crippen LogP contribution in [-0.2, 0) is 28.5 Å². The Bertz CT molecular complexity index is 397. The van der Waals surface area contributed by atoms with Crippen LogP contribution in [0.2, 0.25) is 0 Å². The maximum absolute atomic E-state index is 11.8. The van der Waals surface area contributed by atoms with Gasteiger partial charge >= 0.3 is 5.97 Å². The van der Waals surface area contributed by atoms with Crippen LogP contribution in [0, 0.1) is 0 Å². The van der Waals surface area contributed by atoms with Crippen LogP contribution in [0.4, 0.5) is 0 Å². The van der Waals surface area contributed by atoms with Crippen LogP contribution in [0.5, 0.6) is 0 Å². The number of methoxy groups -OCH3 is 2. The fraction of sp³-hybridized carbons (Fsp3) is 0.786. The quantitative estimate of drug-likeness (QED) is 0.562. The second kappa shape index (κ2) is 6.85. The standard InChI is InChI=1S/C14H22O7/c1-7(2)14(16)21-13-9(17-3)8(15)10-12(11(13)18-4)20-6-5-19-10/h8-13,15H,1,5-6H2,2-4H3. The zero-order valence-corrected chi connectivity index (χ0v) is 12.5. The molecule has 7 heteroatoms. The van der Waals surface area contributed by atoms with Gasteiger partial charge in [-0.15, -0.1) is 0 Å². The van der Waals surface area contributed by atoms with Crippen molar-refractivity contribution < 1.29 is 33.6 Å². The molecule has 0 bridgehead atoms. The van der Waals surface area contributed by atoms with Crippen molar-refractivity contribution in [3.8, 4) is 0 Å². The van der Waals surface area contributed by atoms with Gasteiger partial charge in [-0.1, -0.05) is 6.58 Å². The highest BCUT2D eigenvalue weighted by atomic mass is 16.6. The molecule has 1 saturated carbocycles. The monoisotopic (exact) mass is 302 g/mol. The second-order valence-electron chi connectivity index (χ2n) is 5.21. The lowest BCUT2D eigenvalue weighted by atomic mass is 9.83. The van der Waals surface area contributed by atoms with Gasteiger partial charge in [0.2, 0.25) is 0 Å². The normalized spacial score (nSPS) is 39.4. The van der Waals surface area contributed by atoms with Crippen LogP contribution in [0.1, 0.15) is 6.92 Å². The van der Waals surface area contributed by atoms with Crippen LogP contribution >= 0.6 is 0 Å². The lowest BCUT2D eigenvalue weighted by Crippen LogP contribution is -2.68. The molecule has 6 atom stereocenters. The zero-order chi connectivity index (χ0) is 15.6. The minimum Gasteiger partial charge on any atom is -0.453 e. The molecule has 0 spiro atoms. The molecule has 2 aliphatic rings. The summed E-state index contributed by atoms with van der Waals surface area (Å²) >= 11 is 0. The van der Waals surface area contributed by atoms with Crippen molar-refractivity contribution in [2.24, 2.45) is 0 Å². The first kappa shape index (κ1) is 16.4. The Labute approximate surface area is 123 Å². The van der Waals surface area contributed by atoms with E-state index in [2.05, 4.69) is 6.58 Å². The lowest BCUT2D eigenvalue weighted by molar-refractivity contribution is -0.283. The summed E-state index contributed by atoms with van der Waals surface area (Å²) < 4.78 is 27.3. The minimum absolute atomic E-state index is 0.261. The molecule has 21 heavy (non-hydrogen) atoms. The number of hydrogen-bond donors (Lipinski definition) is 1. The van der Waals surface area contributed by atoms with Gasteiger partial charge in [-0.3, -0.25) is 0 Å². The van der Waals surface area contributed by atoms with Crippen molar-refractivity contribution >= 4 is 5.97 Å². The van der Waals surface area contributed by atoms with E-state index in [1.165, 1.54) is 14.2 Å². The molecule has 6 unspecified atom stereocenters. The largest absolute Gasteiger partial charge is 0.453 e. The van der Waals surface area contributed by atoms with E-state index >= 15 is 0 Å². The summed E-state index contributed by atoms with van der Waals surface area (Å²) in [6.07, 6.45) is -4.23. The van der Waals surface area contributed by atoms with Crippen LogP contribution in [0.25, 0.3) is 0 Å². The molecule has 0 aromatic carbocycles. The third kappa shape index (κ3) is 3.12. The van der Waals surface area contributed by atoms with Gasteiger partial charge in [-0.05, 0) is 6.92 Å². The van der Waals surface area contributed by atoms with Crippen molar-refractivity contribution in [2.75, 3.05) is 27.4 Å². The number of carbonyl (C=O) groups excluding carboxylic acids is 1. The molecule has 0 amide bonds. The zero-order valence-electron chi connectivity index (χ0n) is 12.5. The summed E-state index contributed by atoms with van der Waals surface area (Å²) in [5.41, 5.74) is 0.261. The van der Waals surface area contributed by atoms with Crippen LogP contribution in [0.15, 0.2) is 12.2 Å². The molecule has 0 radical (unpaired) electrons. The first-order valence-electron chi connectivity index (χ1n) is 6.84. The van der Waals surface area contributed by atoms with Crippen molar-refractivity contribution in [3.63, 3.8) is 0 Å². The Morgan fingerprint density at radius 2 is 1.67 bits per heavy atom. The topological polar surface area (TPSA) is 83.5 Å². The predicted octanol–water partition coefficient (Wildman–Crippen LogP) is -0.337. The van der Waals surface area contributed by atoms with E-state index in [-0.39, 0.29) is 5.57 Å². The van der Waals surface area contributed by atoms with E-state index in [0.29, 0.717) is 13.2 Å². The molecule has 120 valence electrons. The molecule has 2 rings (SSSR count). The predicted molar refractivity (Wildman–Crippen MR) is 71.8 cm³/mol. The number of hydrogen-bond acceptors (Lipinski definition) is 7. The molecule has 7 nitrogen and oxygen atoms in total. The minimum atomic E-state index is -0.977. The van der Waals surface area contributed by atoms with Gasteiger partial charge in [0.05, 0.1) is 13.2 Å². The fourth-order valence-electron chi connectivity index (χ4n) is 2.79. The van der Waals surface area contributed by atoms with Gasteiger partial charge in [0.25, 0.3) is 0 Å². The van der Waals surface area contributed by atoms with Crippen molar-refractivity contribution in [1.29, 1.82) is 0 Å². The Morgan fingerprint density at radius 3 is 2.19 bits per heavy atom. The molecule has 1 aliphatic carbocycles. The molecular formula is C14H22O7. The molecule has 2 fully saturated rings. The molecular weight excluding hydrogens is 280 g/mol. The summed E-state index contributed by atoms with van der Waals surface area (Å²) in [6.45, 7) is 5.88. The summed E-state index contributed by atoms with van der Waals surface area (Å²) in [6, 6.07) is 0. The van der Waals surface area contributed by atoms with Crippen LogP contribution < -0.4 is 0 Å². The third-order valence-electron chi connectivity index (χ3n) is 3.81. The van der Waals surface area contributed by atoms with Gasteiger partial charge in [-0.25, -0.2) is 4.79 Å². The molecule has 1 aliphatic heterocycles. The Hall–Kier alpha value is -0.990. The van der Waals surface area contributed by atoms with Gasteiger partial charge in [0.1, 0.15) is 30.5 Å². The number of aliphatic hydroxyl groups is 1. The summed E-state index contributed by atoms with van der Waals surface area (Å²) in [4.78, 5) is 11.8. The van der Waals surface area contributed by atoms with Crippen LogP contribution in [0.3, 0.4) is 0 Å². The van der Waals surface area contributed by atoms with Gasteiger partial charge in [0.15, 0.2) is 6.10 Å². The van der Waals surface area contributed by atoms with E-state index in [1.807, 2.05) is 0 Å². The van der Waals surface area contributed by atoms with E-state index in [0.717, 1.165) is 0 Å². The summed E-state index contributed by atoms with van der Waals surface area (Å²) in [5, 5.41) is 10.4. The molecule has 1 saturated heterocycles. The van der Waals surface area contributed by atoms with E-state index in [1.54, 1.807) is 6.92 Å². The number of fused-ring (bicyclic) bond motifs is 1. The Balaban J connectivity index is 2.25. The number of aliphatic hydroxyl groups excluding tert-OH is 1. The number of esters is 1. The van der Waals surface area contributed by atoms with E-state index in [4.69, 9.17) is 23.7 Å². The van der Waals surface area contributed by atoms with Crippen LogP contribution in [-0.4, -0.2) is 75.1 Å². The summed E-state index contributed by atoms with van der Waals surface area (Å²) in [5.74, 6) is -0.563. The highest BCUT2D eigenvalue weighted by Crippen LogP contribution is 2.33.